The van der Waals surface area contributed by atoms with E-state index in [-0.39, 0.29) is 18.4 Å². The van der Waals surface area contributed by atoms with Gasteiger partial charge in [-0.3, -0.25) is 9.59 Å². The molecule has 5 nitrogen and oxygen atoms in total. The average Bonchev–Trinajstić information content (AvgIpc) is 2.46. The summed E-state index contributed by atoms with van der Waals surface area (Å²) in [5, 5.41) is 0. The Balaban J connectivity index is 3.02. The summed E-state index contributed by atoms with van der Waals surface area (Å²) in [6.07, 6.45) is 0.786. The van der Waals surface area contributed by atoms with E-state index in [0.29, 0.717) is 22.3 Å². The number of hydrogen-bond donors (Lipinski definition) is 0. The predicted molar refractivity (Wildman–Crippen MR) is 85.6 cm³/mol. The average molecular weight is 357 g/mol. The first-order chi connectivity index (χ1) is 9.90. The van der Waals surface area contributed by atoms with Crippen LogP contribution in [-0.2, 0) is 4.79 Å². The van der Waals surface area contributed by atoms with Crippen molar-refractivity contribution in [1.82, 2.24) is 9.80 Å². The normalized spacial score (nSPS) is 10.1. The molecule has 1 aromatic carbocycles. The molecule has 6 heteroatoms. The second kappa shape index (κ2) is 8.02. The second-order valence-electron chi connectivity index (χ2n) is 4.86. The van der Waals surface area contributed by atoms with Crippen LogP contribution in [0, 0.1) is 0 Å². The third kappa shape index (κ3) is 4.74. The highest BCUT2D eigenvalue weighted by Gasteiger charge is 2.21. The number of benzene rings is 1. The van der Waals surface area contributed by atoms with Crippen molar-refractivity contribution in [2.75, 3.05) is 34.3 Å². The number of nitrogens with zero attached hydrogens (tertiary/aromatic N) is 2. The third-order valence-electron chi connectivity index (χ3n) is 3.01. The summed E-state index contributed by atoms with van der Waals surface area (Å²) in [5.41, 5.74) is 0.495. The van der Waals surface area contributed by atoms with Gasteiger partial charge in [0.25, 0.3) is 5.91 Å². The lowest BCUT2D eigenvalue weighted by molar-refractivity contribution is -0.129. The molecule has 116 valence electrons. The molecular formula is C15H21BrN2O3. The van der Waals surface area contributed by atoms with Crippen molar-refractivity contribution in [3.05, 3.63) is 28.2 Å². The summed E-state index contributed by atoms with van der Waals surface area (Å²) in [7, 11) is 4.91. The lowest BCUT2D eigenvalue weighted by Gasteiger charge is -2.24. The number of amides is 2. The smallest absolute Gasteiger partial charge is 0.255 e. The number of hydrogen-bond acceptors (Lipinski definition) is 3. The number of rotatable bonds is 6. The van der Waals surface area contributed by atoms with Crippen molar-refractivity contribution < 1.29 is 14.3 Å². The van der Waals surface area contributed by atoms with Crippen LogP contribution in [0.5, 0.6) is 5.75 Å². The van der Waals surface area contributed by atoms with Crippen LogP contribution in [0.1, 0.15) is 23.7 Å². The van der Waals surface area contributed by atoms with Gasteiger partial charge < -0.3 is 14.5 Å². The number of likely N-dealkylation sites (N-methyl/N-ethyl adjacent to an activating group) is 1. The zero-order valence-electron chi connectivity index (χ0n) is 12.9. The second-order valence-corrected chi connectivity index (χ2v) is 5.71. The Morgan fingerprint density at radius 1 is 1.29 bits per heavy atom. The van der Waals surface area contributed by atoms with E-state index in [2.05, 4.69) is 15.9 Å². The molecule has 0 aromatic heterocycles. The van der Waals surface area contributed by atoms with Crippen molar-refractivity contribution in [3.8, 4) is 5.75 Å². The van der Waals surface area contributed by atoms with Crippen LogP contribution in [0.3, 0.4) is 0 Å². The quantitative estimate of drug-likeness (QED) is 0.786. The number of carbonyl (C=O) groups excluding carboxylic acids is 2. The Hall–Kier alpha value is -1.56. The minimum Gasteiger partial charge on any atom is -0.497 e. The molecule has 0 aliphatic heterocycles. The highest BCUT2D eigenvalue weighted by atomic mass is 79.9. The summed E-state index contributed by atoms with van der Waals surface area (Å²) in [6.45, 7) is 2.58. The van der Waals surface area contributed by atoms with Gasteiger partial charge in [0.05, 0.1) is 12.7 Å². The standard InChI is InChI=1S/C15H21BrN2O3/c1-5-8-18(10-14(19)17(2)3)15(20)12-9-11(21-4)6-7-13(12)16/h6-7,9H,5,8,10H2,1-4H3. The molecule has 0 heterocycles. The van der Waals surface area contributed by atoms with Crippen LogP contribution in [0.4, 0.5) is 0 Å². The molecule has 0 radical (unpaired) electrons. The van der Waals surface area contributed by atoms with Gasteiger partial charge in [0.2, 0.25) is 5.91 Å². The molecule has 1 aromatic rings. The van der Waals surface area contributed by atoms with Crippen LogP contribution >= 0.6 is 15.9 Å². The van der Waals surface area contributed by atoms with Crippen LogP contribution in [0.25, 0.3) is 0 Å². The first-order valence-corrected chi connectivity index (χ1v) is 7.53. The summed E-state index contributed by atoms with van der Waals surface area (Å²) >= 11 is 3.38. The van der Waals surface area contributed by atoms with Gasteiger partial charge in [-0.25, -0.2) is 0 Å². The van der Waals surface area contributed by atoms with Crippen LogP contribution in [0.2, 0.25) is 0 Å². The Morgan fingerprint density at radius 3 is 2.48 bits per heavy atom. The lowest BCUT2D eigenvalue weighted by Crippen LogP contribution is -2.40. The maximum Gasteiger partial charge on any atom is 0.255 e. The van der Waals surface area contributed by atoms with E-state index in [9.17, 15) is 9.59 Å². The largest absolute Gasteiger partial charge is 0.497 e. The van der Waals surface area contributed by atoms with Gasteiger partial charge in [0.1, 0.15) is 12.3 Å². The molecule has 0 fully saturated rings. The summed E-state index contributed by atoms with van der Waals surface area (Å²) in [6, 6.07) is 5.22. The zero-order valence-corrected chi connectivity index (χ0v) is 14.4. The van der Waals surface area contributed by atoms with Gasteiger partial charge in [-0.1, -0.05) is 6.92 Å². The fourth-order valence-electron chi connectivity index (χ4n) is 1.79. The van der Waals surface area contributed by atoms with Gasteiger partial charge in [-0.15, -0.1) is 0 Å². The molecule has 0 saturated heterocycles. The number of halogens is 1. The molecule has 0 N–H and O–H groups in total. The third-order valence-corrected chi connectivity index (χ3v) is 3.70. The highest BCUT2D eigenvalue weighted by Crippen LogP contribution is 2.24. The van der Waals surface area contributed by atoms with Crippen molar-refractivity contribution in [2.24, 2.45) is 0 Å². The van der Waals surface area contributed by atoms with E-state index in [4.69, 9.17) is 4.74 Å². The van der Waals surface area contributed by atoms with Gasteiger partial charge in [-0.05, 0) is 40.5 Å². The molecule has 21 heavy (non-hydrogen) atoms. The minimum absolute atomic E-state index is 0.0727. The maximum absolute atomic E-state index is 12.7. The van der Waals surface area contributed by atoms with Gasteiger partial charge >= 0.3 is 0 Å². The Bertz CT molecular complexity index is 518. The van der Waals surface area contributed by atoms with Crippen molar-refractivity contribution in [1.29, 1.82) is 0 Å². The zero-order chi connectivity index (χ0) is 16.0. The first kappa shape index (κ1) is 17.5. The molecule has 0 bridgehead atoms. The van der Waals surface area contributed by atoms with Crippen LogP contribution in [-0.4, -0.2) is 55.9 Å². The van der Waals surface area contributed by atoms with E-state index in [1.54, 1.807) is 44.3 Å². The van der Waals surface area contributed by atoms with Gasteiger partial charge in [0, 0.05) is 25.1 Å². The van der Waals surface area contributed by atoms with Crippen molar-refractivity contribution in [3.63, 3.8) is 0 Å². The maximum atomic E-state index is 12.7. The number of ether oxygens (including phenoxy) is 1. The molecule has 1 rings (SSSR count). The monoisotopic (exact) mass is 356 g/mol. The highest BCUT2D eigenvalue weighted by molar-refractivity contribution is 9.10. The van der Waals surface area contributed by atoms with Crippen molar-refractivity contribution >= 4 is 27.7 Å². The lowest BCUT2D eigenvalue weighted by atomic mass is 10.1. The molecule has 0 aliphatic carbocycles. The molecule has 0 spiro atoms. The molecule has 2 amide bonds. The predicted octanol–water partition coefficient (Wildman–Crippen LogP) is 2.40. The first-order valence-electron chi connectivity index (χ1n) is 6.73. The fourth-order valence-corrected chi connectivity index (χ4v) is 2.21. The summed E-state index contributed by atoms with van der Waals surface area (Å²) in [4.78, 5) is 27.6. The van der Waals surface area contributed by atoms with E-state index >= 15 is 0 Å². The van der Waals surface area contributed by atoms with Crippen LogP contribution < -0.4 is 4.74 Å². The molecule has 0 aliphatic rings. The fraction of sp³-hybridized carbons (Fsp3) is 0.467. The summed E-state index contributed by atoms with van der Waals surface area (Å²) in [5.74, 6) is 0.325. The Kier molecular flexibility index (Phi) is 6.68. The Labute approximate surface area is 134 Å². The molecular weight excluding hydrogens is 336 g/mol. The van der Waals surface area contributed by atoms with E-state index in [1.165, 1.54) is 4.90 Å². The Morgan fingerprint density at radius 2 is 1.95 bits per heavy atom. The summed E-state index contributed by atoms with van der Waals surface area (Å²) < 4.78 is 5.84. The van der Waals surface area contributed by atoms with E-state index < -0.39 is 0 Å². The van der Waals surface area contributed by atoms with Gasteiger partial charge in [-0.2, -0.15) is 0 Å². The minimum atomic E-state index is -0.183. The SMILES string of the molecule is CCCN(CC(=O)N(C)C)C(=O)c1cc(OC)ccc1Br. The molecule has 0 atom stereocenters. The van der Waals surface area contributed by atoms with E-state index in [1.807, 2.05) is 6.92 Å². The molecule has 0 unspecified atom stereocenters. The topological polar surface area (TPSA) is 49.9 Å². The molecule has 0 saturated carbocycles. The van der Waals surface area contributed by atoms with E-state index in [0.717, 1.165) is 6.42 Å². The van der Waals surface area contributed by atoms with Crippen molar-refractivity contribution in [2.45, 2.75) is 13.3 Å². The van der Waals surface area contributed by atoms with Crippen LogP contribution in [0.15, 0.2) is 22.7 Å². The number of carbonyl (C=O) groups is 2. The number of methoxy groups -OCH3 is 1. The van der Waals surface area contributed by atoms with Gasteiger partial charge in [0.15, 0.2) is 0 Å².